The third-order valence-corrected chi connectivity index (χ3v) is 4.67. The van der Waals surface area contributed by atoms with Gasteiger partial charge >= 0.3 is 0 Å². The number of hydrogen-bond acceptors (Lipinski definition) is 5. The second-order valence-electron chi connectivity index (χ2n) is 6.16. The highest BCUT2D eigenvalue weighted by molar-refractivity contribution is 9.10. The molecular formula is C21H16BrN5O2. The molecule has 0 aliphatic heterocycles. The fourth-order valence-corrected chi connectivity index (χ4v) is 2.91. The fourth-order valence-electron chi connectivity index (χ4n) is 2.65. The SMILES string of the molecule is Cc1nccn1-c1ccc(Oc2ccc(NC(=O)c3ccc(Br)cc3)cc2)nn1. The van der Waals surface area contributed by atoms with Crippen molar-refractivity contribution in [2.45, 2.75) is 6.92 Å². The van der Waals surface area contributed by atoms with E-state index in [0.717, 1.165) is 10.3 Å². The monoisotopic (exact) mass is 449 g/mol. The Balaban J connectivity index is 1.40. The number of nitrogens with one attached hydrogen (secondary N) is 1. The predicted octanol–water partition coefficient (Wildman–Crippen LogP) is 4.78. The first-order valence-electron chi connectivity index (χ1n) is 8.77. The number of anilines is 1. The number of imidazole rings is 1. The van der Waals surface area contributed by atoms with Gasteiger partial charge in [-0.1, -0.05) is 15.9 Å². The lowest BCUT2D eigenvalue weighted by Crippen LogP contribution is -2.11. The van der Waals surface area contributed by atoms with Gasteiger partial charge in [-0.05, 0) is 61.5 Å². The predicted molar refractivity (Wildman–Crippen MR) is 113 cm³/mol. The number of hydrogen-bond donors (Lipinski definition) is 1. The number of halogens is 1. The van der Waals surface area contributed by atoms with Gasteiger partial charge in [-0.15, -0.1) is 10.2 Å². The Kier molecular flexibility index (Phi) is 5.35. The molecule has 0 bridgehead atoms. The Morgan fingerprint density at radius 1 is 1.00 bits per heavy atom. The van der Waals surface area contributed by atoms with Gasteiger partial charge in [-0.3, -0.25) is 9.36 Å². The second-order valence-corrected chi connectivity index (χ2v) is 7.08. The van der Waals surface area contributed by atoms with Gasteiger partial charge in [-0.25, -0.2) is 4.98 Å². The molecule has 2 aromatic carbocycles. The summed E-state index contributed by atoms with van der Waals surface area (Å²) in [6.07, 6.45) is 3.53. The van der Waals surface area contributed by atoms with Gasteiger partial charge in [-0.2, -0.15) is 0 Å². The summed E-state index contributed by atoms with van der Waals surface area (Å²) in [6, 6.07) is 17.8. The molecule has 0 radical (unpaired) electrons. The molecule has 2 heterocycles. The molecule has 1 amide bonds. The summed E-state index contributed by atoms with van der Waals surface area (Å²) in [5.41, 5.74) is 1.25. The van der Waals surface area contributed by atoms with Gasteiger partial charge in [0.2, 0.25) is 5.88 Å². The maximum atomic E-state index is 12.3. The molecule has 0 atom stereocenters. The van der Waals surface area contributed by atoms with E-state index in [4.69, 9.17) is 4.74 Å². The Bertz CT molecular complexity index is 1120. The van der Waals surface area contributed by atoms with E-state index >= 15 is 0 Å². The van der Waals surface area contributed by atoms with Crippen molar-refractivity contribution in [1.29, 1.82) is 0 Å². The van der Waals surface area contributed by atoms with Crippen molar-refractivity contribution in [3.8, 4) is 17.4 Å². The molecule has 0 unspecified atom stereocenters. The van der Waals surface area contributed by atoms with E-state index in [1.165, 1.54) is 0 Å². The van der Waals surface area contributed by atoms with Gasteiger partial charge in [0.1, 0.15) is 11.6 Å². The van der Waals surface area contributed by atoms with Crippen molar-refractivity contribution in [2.24, 2.45) is 0 Å². The average molecular weight is 450 g/mol. The molecule has 144 valence electrons. The maximum Gasteiger partial charge on any atom is 0.255 e. The minimum atomic E-state index is -0.178. The molecule has 4 aromatic rings. The van der Waals surface area contributed by atoms with Crippen LogP contribution in [0.15, 0.2) is 77.5 Å². The molecule has 0 saturated heterocycles. The summed E-state index contributed by atoms with van der Waals surface area (Å²) in [4.78, 5) is 16.4. The van der Waals surface area contributed by atoms with E-state index in [1.807, 2.05) is 35.9 Å². The van der Waals surface area contributed by atoms with Gasteiger partial charge in [0.15, 0.2) is 5.82 Å². The smallest absolute Gasteiger partial charge is 0.255 e. The third-order valence-electron chi connectivity index (χ3n) is 4.14. The largest absolute Gasteiger partial charge is 0.438 e. The first kappa shape index (κ1) is 18.8. The van der Waals surface area contributed by atoms with Crippen molar-refractivity contribution in [3.05, 3.63) is 88.9 Å². The summed E-state index contributed by atoms with van der Waals surface area (Å²) in [7, 11) is 0. The van der Waals surface area contributed by atoms with E-state index < -0.39 is 0 Å². The third kappa shape index (κ3) is 4.49. The van der Waals surface area contributed by atoms with Crippen molar-refractivity contribution < 1.29 is 9.53 Å². The van der Waals surface area contributed by atoms with Crippen molar-refractivity contribution in [3.63, 3.8) is 0 Å². The number of rotatable bonds is 5. The number of aromatic nitrogens is 4. The lowest BCUT2D eigenvalue weighted by Gasteiger charge is -2.08. The zero-order valence-electron chi connectivity index (χ0n) is 15.4. The number of benzene rings is 2. The summed E-state index contributed by atoms with van der Waals surface area (Å²) in [6.45, 7) is 1.89. The summed E-state index contributed by atoms with van der Waals surface area (Å²) in [5.74, 6) is 2.28. The topological polar surface area (TPSA) is 81.9 Å². The molecule has 29 heavy (non-hydrogen) atoms. The zero-order valence-corrected chi connectivity index (χ0v) is 17.0. The van der Waals surface area contributed by atoms with Crippen molar-refractivity contribution in [2.75, 3.05) is 5.32 Å². The minimum absolute atomic E-state index is 0.178. The van der Waals surface area contributed by atoms with E-state index in [-0.39, 0.29) is 5.91 Å². The number of carbonyl (C=O) groups is 1. The lowest BCUT2D eigenvalue weighted by molar-refractivity contribution is 0.102. The molecule has 0 fully saturated rings. The number of amides is 1. The standard InChI is InChI=1S/C21H16BrN5O2/c1-14-23-12-13-27(14)19-10-11-20(26-25-19)29-18-8-6-17(7-9-18)24-21(28)15-2-4-16(22)5-3-15/h2-13H,1H3,(H,24,28). The van der Waals surface area contributed by atoms with Crippen molar-refractivity contribution in [1.82, 2.24) is 19.7 Å². The Hall–Kier alpha value is -3.52. The van der Waals surface area contributed by atoms with Gasteiger partial charge in [0, 0.05) is 34.2 Å². The molecule has 8 heteroatoms. The van der Waals surface area contributed by atoms with E-state index in [2.05, 4.69) is 36.4 Å². The Labute approximate surface area is 175 Å². The van der Waals surface area contributed by atoms with Crippen LogP contribution in [0.4, 0.5) is 5.69 Å². The van der Waals surface area contributed by atoms with E-state index in [0.29, 0.717) is 28.7 Å². The molecule has 0 spiro atoms. The van der Waals surface area contributed by atoms with Crippen LogP contribution in [-0.2, 0) is 0 Å². The average Bonchev–Trinajstić information content (AvgIpc) is 3.16. The molecule has 0 aliphatic rings. The van der Waals surface area contributed by atoms with Crippen LogP contribution >= 0.6 is 15.9 Å². The van der Waals surface area contributed by atoms with E-state index in [9.17, 15) is 4.79 Å². The van der Waals surface area contributed by atoms with Gasteiger partial charge in [0.05, 0.1) is 0 Å². The van der Waals surface area contributed by atoms with Gasteiger partial charge in [0.25, 0.3) is 5.91 Å². The minimum Gasteiger partial charge on any atom is -0.438 e. The summed E-state index contributed by atoms with van der Waals surface area (Å²) in [5, 5.41) is 11.1. The van der Waals surface area contributed by atoms with Crippen LogP contribution in [0.25, 0.3) is 5.82 Å². The molecule has 0 saturated carbocycles. The van der Waals surface area contributed by atoms with E-state index in [1.54, 1.807) is 48.7 Å². The quantitative estimate of drug-likeness (QED) is 0.474. The van der Waals surface area contributed by atoms with Crippen LogP contribution in [0.3, 0.4) is 0 Å². The maximum absolute atomic E-state index is 12.3. The normalized spacial score (nSPS) is 10.6. The zero-order chi connectivity index (χ0) is 20.2. The summed E-state index contributed by atoms with van der Waals surface area (Å²) < 4.78 is 8.48. The van der Waals surface area contributed by atoms with Crippen LogP contribution in [-0.4, -0.2) is 25.7 Å². The first-order valence-corrected chi connectivity index (χ1v) is 9.57. The second kappa shape index (κ2) is 8.24. The highest BCUT2D eigenvalue weighted by atomic mass is 79.9. The molecule has 1 N–H and O–H groups in total. The van der Waals surface area contributed by atoms with Crippen molar-refractivity contribution >= 4 is 27.5 Å². The lowest BCUT2D eigenvalue weighted by atomic mass is 10.2. The summed E-state index contributed by atoms with van der Waals surface area (Å²) >= 11 is 3.35. The highest BCUT2D eigenvalue weighted by Gasteiger charge is 2.07. The van der Waals surface area contributed by atoms with Gasteiger partial charge < -0.3 is 10.1 Å². The number of ether oxygens (including phenoxy) is 1. The number of carbonyl (C=O) groups excluding carboxylic acids is 1. The Morgan fingerprint density at radius 3 is 2.38 bits per heavy atom. The first-order chi connectivity index (χ1) is 14.1. The highest BCUT2D eigenvalue weighted by Crippen LogP contribution is 2.22. The molecule has 2 aromatic heterocycles. The number of nitrogens with zero attached hydrogens (tertiary/aromatic N) is 4. The molecule has 4 rings (SSSR count). The van der Waals surface area contributed by atoms with Crippen LogP contribution in [0.5, 0.6) is 11.6 Å². The molecular weight excluding hydrogens is 434 g/mol. The van der Waals surface area contributed by atoms with Crippen LogP contribution < -0.4 is 10.1 Å². The fraction of sp³-hybridized carbons (Fsp3) is 0.0476. The molecule has 7 nitrogen and oxygen atoms in total. The van der Waals surface area contributed by atoms with Crippen LogP contribution in [0, 0.1) is 6.92 Å². The van der Waals surface area contributed by atoms with Crippen LogP contribution in [0.2, 0.25) is 0 Å². The Morgan fingerprint density at radius 2 is 1.76 bits per heavy atom. The molecule has 0 aliphatic carbocycles. The number of aryl methyl sites for hydroxylation is 1. The van der Waals surface area contributed by atoms with Crippen LogP contribution in [0.1, 0.15) is 16.2 Å².